The van der Waals surface area contributed by atoms with E-state index in [2.05, 4.69) is 34.1 Å². The first-order chi connectivity index (χ1) is 15.7. The number of hydrogen-bond donors (Lipinski definition) is 1. The van der Waals surface area contributed by atoms with Crippen LogP contribution in [0.25, 0.3) is 22.0 Å². The summed E-state index contributed by atoms with van der Waals surface area (Å²) >= 11 is 0. The third kappa shape index (κ3) is 3.35. The van der Waals surface area contributed by atoms with Crippen molar-refractivity contribution in [3.63, 3.8) is 0 Å². The Labute approximate surface area is 187 Å². The minimum Gasteiger partial charge on any atom is -0.381 e. The summed E-state index contributed by atoms with van der Waals surface area (Å²) < 4.78 is 7.90. The zero-order chi connectivity index (χ0) is 21.7. The lowest BCUT2D eigenvalue weighted by molar-refractivity contribution is 0.0845. The van der Waals surface area contributed by atoms with Crippen molar-refractivity contribution in [1.82, 2.24) is 24.8 Å². The summed E-state index contributed by atoms with van der Waals surface area (Å²) in [5.41, 5.74) is 4.42. The van der Waals surface area contributed by atoms with E-state index >= 15 is 0 Å². The smallest absolute Gasteiger partial charge is 0.317 e. The van der Waals surface area contributed by atoms with Gasteiger partial charge in [-0.3, -0.25) is 4.98 Å². The first kappa shape index (κ1) is 19.7. The van der Waals surface area contributed by atoms with Crippen LogP contribution in [0, 0.1) is 0 Å². The quantitative estimate of drug-likeness (QED) is 0.680. The van der Waals surface area contributed by atoms with Gasteiger partial charge in [0.15, 0.2) is 0 Å². The van der Waals surface area contributed by atoms with Crippen LogP contribution in [0.3, 0.4) is 0 Å². The number of fused-ring (bicyclic) bond motifs is 2. The molecule has 3 aromatic rings. The van der Waals surface area contributed by atoms with Crippen LogP contribution in [0.1, 0.15) is 54.7 Å². The Kier molecular flexibility index (Phi) is 4.86. The number of nitrogens with one attached hydrogen (secondary N) is 1. The first-order valence-corrected chi connectivity index (χ1v) is 11.8. The lowest BCUT2D eigenvalue weighted by Crippen LogP contribution is -2.43. The van der Waals surface area contributed by atoms with Crippen molar-refractivity contribution in [3.05, 3.63) is 47.7 Å². The van der Waals surface area contributed by atoms with Crippen molar-refractivity contribution < 1.29 is 9.53 Å². The van der Waals surface area contributed by atoms with E-state index in [0.29, 0.717) is 24.9 Å². The van der Waals surface area contributed by atoms with E-state index in [1.54, 1.807) is 7.05 Å². The molecule has 6 rings (SSSR count). The number of hydrogen-bond acceptors (Lipinski definition) is 4. The largest absolute Gasteiger partial charge is 0.381 e. The number of urea groups is 1. The Morgan fingerprint density at radius 3 is 2.75 bits per heavy atom. The van der Waals surface area contributed by atoms with Gasteiger partial charge in [-0.2, -0.15) is 0 Å². The second kappa shape index (κ2) is 7.89. The molecule has 0 bridgehead atoms. The fraction of sp³-hybridized carbons (Fsp3) is 0.480. The number of carbonyl (C=O) groups is 1. The van der Waals surface area contributed by atoms with E-state index in [1.807, 2.05) is 11.1 Å². The van der Waals surface area contributed by atoms with Crippen molar-refractivity contribution in [3.8, 4) is 11.3 Å². The highest BCUT2D eigenvalue weighted by atomic mass is 16.5. The summed E-state index contributed by atoms with van der Waals surface area (Å²) in [7, 11) is 1.69. The lowest BCUT2D eigenvalue weighted by Gasteiger charge is -2.29. The molecule has 2 aromatic heterocycles. The molecular weight excluding hydrogens is 402 g/mol. The predicted octanol–water partition coefficient (Wildman–Crippen LogP) is 4.02. The Hall–Kier alpha value is -2.93. The van der Waals surface area contributed by atoms with Gasteiger partial charge >= 0.3 is 6.03 Å². The molecule has 3 aliphatic rings. The minimum atomic E-state index is -0.0305. The molecular formula is C25H29N5O2. The van der Waals surface area contributed by atoms with Gasteiger partial charge in [0.05, 0.1) is 17.9 Å². The van der Waals surface area contributed by atoms with Gasteiger partial charge in [0, 0.05) is 68.0 Å². The summed E-state index contributed by atoms with van der Waals surface area (Å²) in [6, 6.07) is 8.65. The standard InChI is InChI=1S/C25H29N5O2/c1-26-25(31)29-9-10-30-22(15-29)23(28-24(30)17-5-6-17)19-4-2-3-18-13-21(27-14-20(18)19)16-7-11-32-12-8-16/h2-4,13-14,16-17H,5-12,15H2,1H3,(H,26,31). The monoisotopic (exact) mass is 431 g/mol. The minimum absolute atomic E-state index is 0.0305. The molecule has 2 fully saturated rings. The van der Waals surface area contributed by atoms with Crippen molar-refractivity contribution in [2.45, 2.75) is 50.6 Å². The van der Waals surface area contributed by atoms with Gasteiger partial charge < -0.3 is 19.5 Å². The third-order valence-electron chi connectivity index (χ3n) is 7.16. The third-order valence-corrected chi connectivity index (χ3v) is 7.16. The topological polar surface area (TPSA) is 72.3 Å². The zero-order valence-electron chi connectivity index (χ0n) is 18.5. The van der Waals surface area contributed by atoms with E-state index in [9.17, 15) is 4.79 Å². The Morgan fingerprint density at radius 2 is 1.97 bits per heavy atom. The molecule has 2 aliphatic heterocycles. The molecule has 1 saturated carbocycles. The molecule has 32 heavy (non-hydrogen) atoms. The summed E-state index contributed by atoms with van der Waals surface area (Å²) in [5.74, 6) is 2.22. The first-order valence-electron chi connectivity index (χ1n) is 11.8. The summed E-state index contributed by atoms with van der Waals surface area (Å²) in [6.45, 7) is 3.74. The molecule has 0 spiro atoms. The maximum absolute atomic E-state index is 12.3. The molecule has 1 saturated heterocycles. The predicted molar refractivity (Wildman–Crippen MR) is 123 cm³/mol. The second-order valence-electron chi connectivity index (χ2n) is 9.19. The van der Waals surface area contributed by atoms with E-state index in [-0.39, 0.29) is 6.03 Å². The number of ether oxygens (including phenoxy) is 1. The summed E-state index contributed by atoms with van der Waals surface area (Å²) in [4.78, 5) is 24.3. The van der Waals surface area contributed by atoms with Gasteiger partial charge in [-0.15, -0.1) is 0 Å². The highest BCUT2D eigenvalue weighted by Crippen LogP contribution is 2.43. The van der Waals surface area contributed by atoms with Gasteiger partial charge in [0.1, 0.15) is 5.82 Å². The Morgan fingerprint density at radius 1 is 1.12 bits per heavy atom. The number of imidazole rings is 1. The van der Waals surface area contributed by atoms with Crippen molar-refractivity contribution >= 4 is 16.8 Å². The number of pyridine rings is 1. The van der Waals surface area contributed by atoms with Crippen molar-refractivity contribution in [1.29, 1.82) is 0 Å². The van der Waals surface area contributed by atoms with Gasteiger partial charge in [-0.1, -0.05) is 18.2 Å². The van der Waals surface area contributed by atoms with Gasteiger partial charge in [-0.25, -0.2) is 9.78 Å². The fourth-order valence-electron chi connectivity index (χ4n) is 5.21. The van der Waals surface area contributed by atoms with Crippen molar-refractivity contribution in [2.75, 3.05) is 26.8 Å². The second-order valence-corrected chi connectivity index (χ2v) is 9.19. The Balaban J connectivity index is 1.44. The molecule has 7 heteroatoms. The van der Waals surface area contributed by atoms with Crippen LogP contribution in [-0.2, 0) is 17.8 Å². The van der Waals surface area contributed by atoms with Crippen LogP contribution in [-0.4, -0.2) is 52.3 Å². The number of rotatable bonds is 3. The highest BCUT2D eigenvalue weighted by molar-refractivity contribution is 5.96. The van der Waals surface area contributed by atoms with Gasteiger partial charge in [0.2, 0.25) is 0 Å². The van der Waals surface area contributed by atoms with E-state index in [1.165, 1.54) is 24.1 Å². The van der Waals surface area contributed by atoms with E-state index in [0.717, 1.165) is 60.6 Å². The number of amides is 2. The average molecular weight is 432 g/mol. The van der Waals surface area contributed by atoms with Crippen molar-refractivity contribution in [2.24, 2.45) is 0 Å². The molecule has 7 nitrogen and oxygen atoms in total. The highest BCUT2D eigenvalue weighted by Gasteiger charge is 2.34. The zero-order valence-corrected chi connectivity index (χ0v) is 18.5. The molecule has 1 aromatic carbocycles. The molecule has 0 unspecified atom stereocenters. The maximum Gasteiger partial charge on any atom is 0.317 e. The molecule has 166 valence electrons. The van der Waals surface area contributed by atoms with Crippen LogP contribution < -0.4 is 5.32 Å². The molecule has 0 radical (unpaired) electrons. The fourth-order valence-corrected chi connectivity index (χ4v) is 5.21. The van der Waals surface area contributed by atoms with Crippen LogP contribution in [0.4, 0.5) is 4.79 Å². The molecule has 4 heterocycles. The summed E-state index contributed by atoms with van der Waals surface area (Å²) in [5, 5.41) is 5.10. The van der Waals surface area contributed by atoms with Gasteiger partial charge in [0.25, 0.3) is 0 Å². The van der Waals surface area contributed by atoms with E-state index in [4.69, 9.17) is 14.7 Å². The Bertz CT molecular complexity index is 1180. The molecule has 2 amide bonds. The molecule has 1 N–H and O–H groups in total. The average Bonchev–Trinajstić information content (AvgIpc) is 3.63. The number of aromatic nitrogens is 3. The van der Waals surface area contributed by atoms with Gasteiger partial charge in [-0.05, 0) is 37.1 Å². The molecule has 0 atom stereocenters. The van der Waals surface area contributed by atoms with Crippen LogP contribution >= 0.6 is 0 Å². The number of carbonyl (C=O) groups excluding carboxylic acids is 1. The molecule has 1 aliphatic carbocycles. The number of benzene rings is 1. The normalized spacial score (nSPS) is 19.2. The van der Waals surface area contributed by atoms with E-state index < -0.39 is 0 Å². The maximum atomic E-state index is 12.3. The van der Waals surface area contributed by atoms with Crippen LogP contribution in [0.2, 0.25) is 0 Å². The SMILES string of the molecule is CNC(=O)N1CCn2c(C3CC3)nc(-c3cccc4cc(C5CCOCC5)ncc34)c2C1. The lowest BCUT2D eigenvalue weighted by atomic mass is 9.94. The van der Waals surface area contributed by atoms with Crippen LogP contribution in [0.5, 0.6) is 0 Å². The summed E-state index contributed by atoms with van der Waals surface area (Å²) in [6.07, 6.45) is 6.51. The van der Waals surface area contributed by atoms with Crippen LogP contribution in [0.15, 0.2) is 30.5 Å². The number of nitrogens with zero attached hydrogens (tertiary/aromatic N) is 4.